The van der Waals surface area contributed by atoms with Crippen LogP contribution in [0.4, 0.5) is 13.2 Å². The monoisotopic (exact) mass is 476 g/mol. The van der Waals surface area contributed by atoms with Crippen LogP contribution < -0.4 is 4.74 Å². The van der Waals surface area contributed by atoms with E-state index in [9.17, 15) is 18.0 Å². The van der Waals surface area contributed by atoms with E-state index in [2.05, 4.69) is 19.9 Å². The summed E-state index contributed by atoms with van der Waals surface area (Å²) in [5.41, 5.74) is 0.378. The molecule has 180 valence electrons. The average molecular weight is 476 g/mol. The van der Waals surface area contributed by atoms with Gasteiger partial charge in [0.25, 0.3) is 0 Å². The third-order valence-electron chi connectivity index (χ3n) is 6.14. The van der Waals surface area contributed by atoms with Gasteiger partial charge in [-0.1, -0.05) is 0 Å². The molecule has 2 saturated heterocycles. The Morgan fingerprint density at radius 3 is 2.76 bits per heavy atom. The topological polar surface area (TPSA) is 95.3 Å². The van der Waals surface area contributed by atoms with Gasteiger partial charge >= 0.3 is 6.18 Å². The van der Waals surface area contributed by atoms with Crippen molar-refractivity contribution in [3.63, 3.8) is 0 Å². The number of pyridine rings is 1. The van der Waals surface area contributed by atoms with Crippen LogP contribution in [0.25, 0.3) is 22.6 Å². The smallest absolute Gasteiger partial charge is 0.433 e. The van der Waals surface area contributed by atoms with Crippen molar-refractivity contribution >= 4 is 17.1 Å². The molecule has 0 aliphatic carbocycles. The molecule has 0 radical (unpaired) electrons. The first-order valence-corrected chi connectivity index (χ1v) is 11.1. The molecule has 1 amide bonds. The van der Waals surface area contributed by atoms with Gasteiger partial charge in [0.15, 0.2) is 11.2 Å². The number of hydrogen-bond donors (Lipinski definition) is 0. The number of halogens is 3. The normalized spacial score (nSPS) is 20.9. The number of fused-ring (bicyclic) bond motifs is 1. The zero-order valence-electron chi connectivity index (χ0n) is 18.5. The van der Waals surface area contributed by atoms with Crippen LogP contribution in [0, 0.1) is 5.92 Å². The highest BCUT2D eigenvalue weighted by molar-refractivity contribution is 5.81. The number of likely N-dealkylation sites (tertiary alicyclic amines) is 1. The van der Waals surface area contributed by atoms with E-state index in [0.29, 0.717) is 61.8 Å². The predicted molar refractivity (Wildman–Crippen MR) is 114 cm³/mol. The van der Waals surface area contributed by atoms with Crippen LogP contribution >= 0.6 is 0 Å². The average Bonchev–Trinajstić information content (AvgIpc) is 3.58. The van der Waals surface area contributed by atoms with Crippen LogP contribution in [0.2, 0.25) is 0 Å². The van der Waals surface area contributed by atoms with Crippen molar-refractivity contribution < 1.29 is 27.4 Å². The van der Waals surface area contributed by atoms with Crippen molar-refractivity contribution in [3.8, 4) is 17.3 Å². The molecule has 12 heteroatoms. The van der Waals surface area contributed by atoms with E-state index in [0.717, 1.165) is 18.7 Å². The first-order valence-electron chi connectivity index (χ1n) is 11.1. The molecule has 5 rings (SSSR count). The summed E-state index contributed by atoms with van der Waals surface area (Å²) in [5, 5.41) is 0. The van der Waals surface area contributed by atoms with Gasteiger partial charge in [0.1, 0.15) is 23.9 Å². The number of alkyl halides is 3. The number of carbonyl (C=O) groups excluding carboxylic acids is 1. The van der Waals surface area contributed by atoms with Gasteiger partial charge in [0.2, 0.25) is 11.8 Å². The molecule has 0 saturated carbocycles. The van der Waals surface area contributed by atoms with Gasteiger partial charge in [-0.25, -0.2) is 9.97 Å². The molecule has 0 spiro atoms. The number of nitrogens with zero attached hydrogens (tertiary/aromatic N) is 6. The van der Waals surface area contributed by atoms with E-state index in [1.807, 2.05) is 6.92 Å². The molecule has 2 atom stereocenters. The second-order valence-corrected chi connectivity index (χ2v) is 8.33. The maximum Gasteiger partial charge on any atom is 0.433 e. The van der Waals surface area contributed by atoms with Gasteiger partial charge < -0.3 is 18.9 Å². The lowest BCUT2D eigenvalue weighted by molar-refractivity contribution is -0.141. The second kappa shape index (κ2) is 8.82. The van der Waals surface area contributed by atoms with Crippen LogP contribution in [0.5, 0.6) is 5.88 Å². The van der Waals surface area contributed by atoms with Gasteiger partial charge in [-0.15, -0.1) is 0 Å². The van der Waals surface area contributed by atoms with E-state index < -0.39 is 11.9 Å². The molecule has 5 heterocycles. The van der Waals surface area contributed by atoms with Crippen LogP contribution in [0.3, 0.4) is 0 Å². The summed E-state index contributed by atoms with van der Waals surface area (Å²) < 4.78 is 51.9. The number of hydrogen-bond acceptors (Lipinski definition) is 7. The lowest BCUT2D eigenvalue weighted by Gasteiger charge is -2.19. The van der Waals surface area contributed by atoms with Gasteiger partial charge in [0.05, 0.1) is 19.1 Å². The minimum absolute atomic E-state index is 0.0868. The van der Waals surface area contributed by atoms with Crippen molar-refractivity contribution in [2.45, 2.75) is 38.6 Å². The largest absolute Gasteiger partial charge is 0.471 e. The highest BCUT2D eigenvalue weighted by Gasteiger charge is 2.35. The predicted octanol–water partition coefficient (Wildman–Crippen LogP) is 2.94. The number of aromatic nitrogens is 5. The molecule has 0 aromatic carbocycles. The summed E-state index contributed by atoms with van der Waals surface area (Å²) in [7, 11) is 0. The minimum atomic E-state index is -4.52. The lowest BCUT2D eigenvalue weighted by Crippen LogP contribution is -2.36. The Labute approximate surface area is 192 Å². The summed E-state index contributed by atoms with van der Waals surface area (Å²) in [6, 6.07) is 2.27. The van der Waals surface area contributed by atoms with Crippen LogP contribution in [-0.4, -0.2) is 67.7 Å². The minimum Gasteiger partial charge on any atom is -0.471 e. The van der Waals surface area contributed by atoms with Crippen LogP contribution in [-0.2, 0) is 22.3 Å². The summed E-state index contributed by atoms with van der Waals surface area (Å²) in [5.74, 6) is 0.698. The Balaban J connectivity index is 1.39. The van der Waals surface area contributed by atoms with Crippen LogP contribution in [0.1, 0.15) is 25.5 Å². The summed E-state index contributed by atoms with van der Waals surface area (Å²) in [6.45, 7) is 4.49. The fraction of sp³-hybridized carbons (Fsp3) is 0.500. The fourth-order valence-electron chi connectivity index (χ4n) is 4.39. The molecule has 1 unspecified atom stereocenters. The van der Waals surface area contributed by atoms with E-state index in [1.54, 1.807) is 9.47 Å². The highest BCUT2D eigenvalue weighted by atomic mass is 19.4. The number of aryl methyl sites for hydroxylation is 1. The van der Waals surface area contributed by atoms with E-state index in [-0.39, 0.29) is 23.8 Å². The number of rotatable bonds is 5. The summed E-state index contributed by atoms with van der Waals surface area (Å²) in [4.78, 5) is 31.2. The molecule has 3 aromatic heterocycles. The third kappa shape index (κ3) is 4.17. The number of ether oxygens (including phenoxy) is 2. The first kappa shape index (κ1) is 22.5. The van der Waals surface area contributed by atoms with Crippen molar-refractivity contribution in [1.29, 1.82) is 0 Å². The van der Waals surface area contributed by atoms with E-state index >= 15 is 0 Å². The fourth-order valence-corrected chi connectivity index (χ4v) is 4.39. The maximum absolute atomic E-state index is 12.9. The lowest BCUT2D eigenvalue weighted by atomic mass is 10.1. The van der Waals surface area contributed by atoms with Crippen molar-refractivity contribution in [2.24, 2.45) is 5.92 Å². The molecule has 0 bridgehead atoms. The number of carbonyl (C=O) groups is 1. The zero-order chi connectivity index (χ0) is 23.9. The Morgan fingerprint density at radius 2 is 2.09 bits per heavy atom. The SMILES string of the molecule is CCn1c(-c2ccc(C(F)(F)F)nc2)nc2c(O[C@H]3CCN(C(=O)C4CCOC4)C3)ncnc21. The maximum atomic E-state index is 12.9. The third-order valence-corrected chi connectivity index (χ3v) is 6.14. The van der Waals surface area contributed by atoms with Crippen molar-refractivity contribution in [3.05, 3.63) is 30.4 Å². The van der Waals surface area contributed by atoms with E-state index in [4.69, 9.17) is 9.47 Å². The molecular formula is C22H23F3N6O3. The molecule has 2 fully saturated rings. The summed E-state index contributed by atoms with van der Waals surface area (Å²) in [6.07, 6.45) is -0.839. The quantitative estimate of drug-likeness (QED) is 0.559. The molecule has 0 N–H and O–H groups in total. The molecular weight excluding hydrogens is 453 g/mol. The Kier molecular flexibility index (Phi) is 5.84. The Hall–Kier alpha value is -3.28. The van der Waals surface area contributed by atoms with Crippen LogP contribution in [0.15, 0.2) is 24.7 Å². The standard InChI is InChI=1S/C22H23F3N6O3/c1-2-31-18(13-3-4-16(26-9-13)22(23,24)25)29-17-19(31)27-12-28-20(17)34-15-5-7-30(10-15)21(32)14-6-8-33-11-14/h3-4,9,12,14-15H,2,5-8,10-11H2,1H3/t14?,15-/m0/s1. The van der Waals surface area contributed by atoms with Gasteiger partial charge in [-0.2, -0.15) is 18.2 Å². The van der Waals surface area contributed by atoms with E-state index in [1.165, 1.54) is 12.4 Å². The number of imidazole rings is 1. The molecule has 34 heavy (non-hydrogen) atoms. The second-order valence-electron chi connectivity index (χ2n) is 8.33. The highest BCUT2D eigenvalue weighted by Crippen LogP contribution is 2.32. The van der Waals surface area contributed by atoms with Gasteiger partial charge in [-0.3, -0.25) is 9.78 Å². The first-order chi connectivity index (χ1) is 16.3. The van der Waals surface area contributed by atoms with Crippen molar-refractivity contribution in [1.82, 2.24) is 29.4 Å². The molecule has 3 aromatic rings. The van der Waals surface area contributed by atoms with Gasteiger partial charge in [0, 0.05) is 37.9 Å². The number of amides is 1. The Morgan fingerprint density at radius 1 is 1.24 bits per heavy atom. The summed E-state index contributed by atoms with van der Waals surface area (Å²) >= 11 is 0. The molecule has 2 aliphatic heterocycles. The van der Waals surface area contributed by atoms with Crippen molar-refractivity contribution in [2.75, 3.05) is 26.3 Å². The molecule has 9 nitrogen and oxygen atoms in total. The van der Waals surface area contributed by atoms with Gasteiger partial charge in [-0.05, 0) is 25.5 Å². The zero-order valence-corrected chi connectivity index (χ0v) is 18.5. The molecule has 2 aliphatic rings. The Bertz CT molecular complexity index is 1190.